The minimum atomic E-state index is 0.157. The molecule has 0 unspecified atom stereocenters. The molecule has 0 aliphatic carbocycles. The van der Waals surface area contributed by atoms with Gasteiger partial charge in [-0.05, 0) is 35.6 Å². The summed E-state index contributed by atoms with van der Waals surface area (Å²) in [7, 11) is 0. The van der Waals surface area contributed by atoms with Crippen molar-refractivity contribution in [2.45, 2.75) is 20.3 Å². The second kappa shape index (κ2) is 4.26. The van der Waals surface area contributed by atoms with Crippen LogP contribution >= 0.6 is 0 Å². The van der Waals surface area contributed by atoms with E-state index in [1.165, 1.54) is 0 Å². The first-order valence-corrected chi connectivity index (χ1v) is 4.18. The largest absolute Gasteiger partial charge is 0.250 e. The van der Waals surface area contributed by atoms with Crippen molar-refractivity contribution < 1.29 is 0 Å². The summed E-state index contributed by atoms with van der Waals surface area (Å²) in [4.78, 5) is 6.68. The molecule has 0 radical (unpaired) electrons. The zero-order valence-corrected chi connectivity index (χ0v) is 8.02. The van der Waals surface area contributed by atoms with E-state index < -0.39 is 0 Å². The smallest absolute Gasteiger partial charge is 0.144 e. The van der Waals surface area contributed by atoms with Crippen molar-refractivity contribution in [3.05, 3.63) is 33.3 Å². The summed E-state index contributed by atoms with van der Waals surface area (Å²) in [6.45, 7) is 3.81. The molecule has 0 saturated carbocycles. The van der Waals surface area contributed by atoms with Gasteiger partial charge in [-0.1, -0.05) is 6.92 Å². The average molecular weight is 187 g/mol. The predicted molar refractivity (Wildman–Crippen MR) is 51.9 cm³/mol. The molecule has 0 aromatic carbocycles. The number of nitrogens with zero attached hydrogens (tertiary/aromatic N) is 5. The van der Waals surface area contributed by atoms with Crippen molar-refractivity contribution in [3.63, 3.8) is 0 Å². The summed E-state index contributed by atoms with van der Waals surface area (Å²) < 4.78 is 0. The minimum Gasteiger partial charge on any atom is -0.250 e. The zero-order chi connectivity index (χ0) is 10.6. The fourth-order valence-electron chi connectivity index (χ4n) is 1.19. The van der Waals surface area contributed by atoms with E-state index >= 15 is 0 Å². The summed E-state index contributed by atoms with van der Waals surface area (Å²) in [5.41, 5.74) is 10.4. The third-order valence-corrected chi connectivity index (χ3v) is 1.94. The van der Waals surface area contributed by atoms with Crippen LogP contribution in [-0.2, 0) is 6.42 Å². The standard InChI is InChI=1S/C9H9N5/c1-3-7-4-8(5-10)9(13-14-11)12-6(7)2/h4H,3H2,1-2H3. The highest BCUT2D eigenvalue weighted by atomic mass is 15.2. The molecule has 0 aliphatic heterocycles. The van der Waals surface area contributed by atoms with Crippen molar-refractivity contribution in [1.29, 1.82) is 5.26 Å². The van der Waals surface area contributed by atoms with Crippen LogP contribution in [0.5, 0.6) is 0 Å². The summed E-state index contributed by atoms with van der Waals surface area (Å²) in [5, 5.41) is 12.1. The Morgan fingerprint density at radius 2 is 2.43 bits per heavy atom. The van der Waals surface area contributed by atoms with Gasteiger partial charge in [0.1, 0.15) is 11.9 Å². The number of rotatable bonds is 2. The average Bonchev–Trinajstić information content (AvgIpc) is 2.19. The number of pyridine rings is 1. The maximum absolute atomic E-state index is 8.78. The molecule has 1 aromatic heterocycles. The first-order chi connectivity index (χ1) is 6.72. The molecule has 1 heterocycles. The van der Waals surface area contributed by atoms with E-state index in [0.29, 0.717) is 5.56 Å². The number of aryl methyl sites for hydroxylation is 2. The van der Waals surface area contributed by atoms with E-state index in [1.807, 2.05) is 19.9 Å². The Bertz CT molecular complexity index is 437. The van der Waals surface area contributed by atoms with Gasteiger partial charge in [0.15, 0.2) is 0 Å². The fourth-order valence-corrected chi connectivity index (χ4v) is 1.19. The Balaban J connectivity index is 3.40. The van der Waals surface area contributed by atoms with Gasteiger partial charge in [0.05, 0.1) is 5.56 Å². The Morgan fingerprint density at radius 3 is 2.93 bits per heavy atom. The Hall–Kier alpha value is -2.05. The molecule has 5 heteroatoms. The quantitative estimate of drug-likeness (QED) is 0.405. The highest BCUT2D eigenvalue weighted by Crippen LogP contribution is 2.19. The molecule has 5 nitrogen and oxygen atoms in total. The predicted octanol–water partition coefficient (Wildman–Crippen LogP) is 2.77. The molecular formula is C9H9N5. The van der Waals surface area contributed by atoms with Gasteiger partial charge < -0.3 is 0 Å². The summed E-state index contributed by atoms with van der Waals surface area (Å²) in [6.07, 6.45) is 0.810. The van der Waals surface area contributed by atoms with Gasteiger partial charge in [-0.2, -0.15) is 5.26 Å². The molecule has 14 heavy (non-hydrogen) atoms. The van der Waals surface area contributed by atoms with Gasteiger partial charge in [-0.3, -0.25) is 0 Å². The van der Waals surface area contributed by atoms with E-state index in [4.69, 9.17) is 10.8 Å². The lowest BCUT2D eigenvalue weighted by Crippen LogP contribution is -1.93. The molecule has 0 spiro atoms. The minimum absolute atomic E-state index is 0.157. The molecule has 0 saturated heterocycles. The number of nitriles is 1. The van der Waals surface area contributed by atoms with Crippen molar-refractivity contribution in [3.8, 4) is 6.07 Å². The molecule has 0 amide bonds. The molecule has 0 bridgehead atoms. The number of azide groups is 1. The molecule has 0 aliphatic rings. The van der Waals surface area contributed by atoms with Crippen LogP contribution in [0.4, 0.5) is 5.82 Å². The number of hydrogen-bond acceptors (Lipinski definition) is 3. The van der Waals surface area contributed by atoms with Crippen LogP contribution in [-0.4, -0.2) is 4.98 Å². The Kier molecular flexibility index (Phi) is 3.05. The first-order valence-electron chi connectivity index (χ1n) is 4.18. The van der Waals surface area contributed by atoms with Crippen molar-refractivity contribution in [1.82, 2.24) is 4.98 Å². The molecule has 1 aromatic rings. The van der Waals surface area contributed by atoms with Gasteiger partial charge in [-0.25, -0.2) is 4.98 Å². The van der Waals surface area contributed by atoms with Crippen LogP contribution in [0.3, 0.4) is 0 Å². The van der Waals surface area contributed by atoms with Gasteiger partial charge in [0.25, 0.3) is 0 Å². The van der Waals surface area contributed by atoms with Gasteiger partial charge in [0, 0.05) is 10.6 Å². The normalized spacial score (nSPS) is 8.93. The SMILES string of the molecule is CCc1cc(C#N)c(N=[N+]=[N-])nc1C. The topological polar surface area (TPSA) is 85.4 Å². The van der Waals surface area contributed by atoms with Crippen LogP contribution in [0.1, 0.15) is 23.7 Å². The number of hydrogen-bond donors (Lipinski definition) is 0. The van der Waals surface area contributed by atoms with Crippen LogP contribution in [0.2, 0.25) is 0 Å². The van der Waals surface area contributed by atoms with Gasteiger partial charge >= 0.3 is 0 Å². The lowest BCUT2D eigenvalue weighted by atomic mass is 10.1. The van der Waals surface area contributed by atoms with Gasteiger partial charge in [-0.15, -0.1) is 0 Å². The summed E-state index contributed by atoms with van der Waals surface area (Å²) in [5.74, 6) is 0.157. The molecule has 1 rings (SSSR count). The Labute approximate surface area is 81.6 Å². The van der Waals surface area contributed by atoms with Crippen LogP contribution in [0.15, 0.2) is 11.2 Å². The van der Waals surface area contributed by atoms with Crippen LogP contribution in [0.25, 0.3) is 10.4 Å². The van der Waals surface area contributed by atoms with E-state index in [9.17, 15) is 0 Å². The fraction of sp³-hybridized carbons (Fsp3) is 0.333. The zero-order valence-electron chi connectivity index (χ0n) is 8.02. The molecule has 0 atom stereocenters. The number of aromatic nitrogens is 1. The molecule has 0 N–H and O–H groups in total. The van der Waals surface area contributed by atoms with Crippen LogP contribution in [0, 0.1) is 18.3 Å². The lowest BCUT2D eigenvalue weighted by molar-refractivity contribution is 1.04. The van der Waals surface area contributed by atoms with E-state index in [2.05, 4.69) is 15.0 Å². The third kappa shape index (κ3) is 1.82. The van der Waals surface area contributed by atoms with E-state index in [1.54, 1.807) is 6.07 Å². The molecule has 0 fully saturated rings. The molecule has 70 valence electrons. The van der Waals surface area contributed by atoms with Crippen molar-refractivity contribution in [2.75, 3.05) is 0 Å². The first kappa shape index (κ1) is 10.0. The summed E-state index contributed by atoms with van der Waals surface area (Å²) in [6, 6.07) is 3.67. The summed E-state index contributed by atoms with van der Waals surface area (Å²) >= 11 is 0. The molecular weight excluding hydrogens is 178 g/mol. The second-order valence-electron chi connectivity index (χ2n) is 2.76. The van der Waals surface area contributed by atoms with Crippen molar-refractivity contribution in [2.24, 2.45) is 5.11 Å². The highest BCUT2D eigenvalue weighted by Gasteiger charge is 2.05. The maximum atomic E-state index is 8.78. The third-order valence-electron chi connectivity index (χ3n) is 1.94. The highest BCUT2D eigenvalue weighted by molar-refractivity contribution is 5.50. The van der Waals surface area contributed by atoms with Crippen molar-refractivity contribution >= 4 is 5.82 Å². The van der Waals surface area contributed by atoms with Crippen LogP contribution < -0.4 is 0 Å². The monoisotopic (exact) mass is 187 g/mol. The Morgan fingerprint density at radius 1 is 1.71 bits per heavy atom. The maximum Gasteiger partial charge on any atom is 0.144 e. The second-order valence-corrected chi connectivity index (χ2v) is 2.76. The van der Waals surface area contributed by atoms with E-state index in [0.717, 1.165) is 17.7 Å². The van der Waals surface area contributed by atoms with Gasteiger partial charge in [0.2, 0.25) is 0 Å². The lowest BCUT2D eigenvalue weighted by Gasteiger charge is -2.03. The van der Waals surface area contributed by atoms with E-state index in [-0.39, 0.29) is 5.82 Å².